The topological polar surface area (TPSA) is 21.3 Å². The minimum Gasteiger partial charge on any atom is -0.361 e. The van der Waals surface area contributed by atoms with E-state index in [9.17, 15) is 0 Å². The molecule has 0 saturated heterocycles. The monoisotopic (exact) mass is 98.1 g/mol. The summed E-state index contributed by atoms with van der Waals surface area (Å²) >= 11 is 0. The molecule has 0 amide bonds. The summed E-state index contributed by atoms with van der Waals surface area (Å²) in [6.45, 7) is 1.43. The summed E-state index contributed by atoms with van der Waals surface area (Å²) in [5.41, 5.74) is 0. The van der Waals surface area contributed by atoms with Crippen LogP contribution >= 0.6 is 0 Å². The van der Waals surface area contributed by atoms with Crippen LogP contribution in [0.2, 0.25) is 0 Å². The summed E-state index contributed by atoms with van der Waals surface area (Å²) in [6.07, 6.45) is 5.76. The molecule has 1 aliphatic rings. The molecule has 1 radical (unpaired) electrons. The SMILES string of the molecule is [C]1=CCCOCN1. The lowest BCUT2D eigenvalue weighted by molar-refractivity contribution is 0.134. The largest absolute Gasteiger partial charge is 0.361 e. The second-order valence-corrected chi connectivity index (χ2v) is 1.37. The Hall–Kier alpha value is -0.500. The van der Waals surface area contributed by atoms with Crippen molar-refractivity contribution < 1.29 is 4.74 Å². The Kier molecular flexibility index (Phi) is 1.75. The minimum absolute atomic E-state index is 0.608. The van der Waals surface area contributed by atoms with E-state index in [1.165, 1.54) is 0 Å². The van der Waals surface area contributed by atoms with Gasteiger partial charge in [0.05, 0.1) is 12.8 Å². The molecule has 2 nitrogen and oxygen atoms in total. The Morgan fingerprint density at radius 2 is 2.71 bits per heavy atom. The first-order valence-electron chi connectivity index (χ1n) is 2.38. The number of ether oxygens (including phenoxy) is 1. The fourth-order valence-electron chi connectivity index (χ4n) is 0.451. The molecule has 0 bridgehead atoms. The Bertz CT molecular complexity index is 62.5. The Morgan fingerprint density at radius 3 is 3.71 bits per heavy atom. The Morgan fingerprint density at radius 1 is 1.71 bits per heavy atom. The van der Waals surface area contributed by atoms with E-state index in [0.717, 1.165) is 13.0 Å². The van der Waals surface area contributed by atoms with E-state index in [0.29, 0.717) is 6.73 Å². The highest BCUT2D eigenvalue weighted by atomic mass is 16.5. The third-order valence-electron chi connectivity index (χ3n) is 0.785. The van der Waals surface area contributed by atoms with Gasteiger partial charge in [-0.05, 0) is 6.42 Å². The molecule has 0 fully saturated rings. The van der Waals surface area contributed by atoms with Crippen molar-refractivity contribution in [3.05, 3.63) is 12.3 Å². The third kappa shape index (κ3) is 1.59. The summed E-state index contributed by atoms with van der Waals surface area (Å²) < 4.78 is 4.99. The predicted molar refractivity (Wildman–Crippen MR) is 26.4 cm³/mol. The van der Waals surface area contributed by atoms with Crippen LogP contribution in [-0.2, 0) is 4.74 Å². The maximum Gasteiger partial charge on any atom is 0.116 e. The van der Waals surface area contributed by atoms with Crippen LogP contribution in [0, 0.1) is 6.20 Å². The Balaban J connectivity index is 2.20. The van der Waals surface area contributed by atoms with Crippen molar-refractivity contribution in [1.82, 2.24) is 5.32 Å². The first-order chi connectivity index (χ1) is 3.50. The van der Waals surface area contributed by atoms with Gasteiger partial charge in [-0.15, -0.1) is 0 Å². The standard InChI is InChI=1S/C5H8NO/c1-2-4-7-5-6-3-1/h1,6H,2,4-5H2. The lowest BCUT2D eigenvalue weighted by atomic mass is 10.4. The van der Waals surface area contributed by atoms with E-state index in [1.54, 1.807) is 0 Å². The zero-order chi connectivity index (χ0) is 4.95. The van der Waals surface area contributed by atoms with Gasteiger partial charge in [0.25, 0.3) is 0 Å². The van der Waals surface area contributed by atoms with E-state index in [1.807, 2.05) is 6.08 Å². The Labute approximate surface area is 43.2 Å². The number of rotatable bonds is 0. The molecule has 0 unspecified atom stereocenters. The van der Waals surface area contributed by atoms with Crippen molar-refractivity contribution in [2.45, 2.75) is 6.42 Å². The molecular weight excluding hydrogens is 90.1 g/mol. The average molecular weight is 98.1 g/mol. The molecule has 1 N–H and O–H groups in total. The number of hydrogen-bond acceptors (Lipinski definition) is 2. The average Bonchev–Trinajstić information content (AvgIpc) is 1.90. The van der Waals surface area contributed by atoms with E-state index >= 15 is 0 Å². The highest BCUT2D eigenvalue weighted by molar-refractivity contribution is 4.72. The van der Waals surface area contributed by atoms with Gasteiger partial charge >= 0.3 is 0 Å². The zero-order valence-corrected chi connectivity index (χ0v) is 4.11. The lowest BCUT2D eigenvalue weighted by Gasteiger charge is -1.94. The molecular formula is C5H8NO. The van der Waals surface area contributed by atoms with Crippen molar-refractivity contribution in [2.75, 3.05) is 13.3 Å². The van der Waals surface area contributed by atoms with Gasteiger partial charge < -0.3 is 10.1 Å². The zero-order valence-electron chi connectivity index (χ0n) is 4.11. The second kappa shape index (κ2) is 2.64. The maximum absolute atomic E-state index is 4.99. The molecule has 0 atom stereocenters. The fourth-order valence-corrected chi connectivity index (χ4v) is 0.451. The lowest BCUT2D eigenvalue weighted by Crippen LogP contribution is -2.08. The summed E-state index contributed by atoms with van der Waals surface area (Å²) in [5.74, 6) is 0. The van der Waals surface area contributed by atoms with Crippen LogP contribution in [-0.4, -0.2) is 13.3 Å². The first kappa shape index (κ1) is 4.65. The van der Waals surface area contributed by atoms with Crippen LogP contribution < -0.4 is 5.32 Å². The second-order valence-electron chi connectivity index (χ2n) is 1.37. The van der Waals surface area contributed by atoms with Crippen molar-refractivity contribution >= 4 is 0 Å². The van der Waals surface area contributed by atoms with Crippen LogP contribution in [0.25, 0.3) is 0 Å². The fraction of sp³-hybridized carbons (Fsp3) is 0.600. The molecule has 0 aromatic rings. The van der Waals surface area contributed by atoms with Crippen LogP contribution in [0.5, 0.6) is 0 Å². The minimum atomic E-state index is 0.608. The predicted octanol–water partition coefficient (Wildman–Crippen LogP) is 0.271. The van der Waals surface area contributed by atoms with E-state index in [2.05, 4.69) is 11.5 Å². The molecule has 0 aliphatic carbocycles. The van der Waals surface area contributed by atoms with Crippen molar-refractivity contribution in [1.29, 1.82) is 0 Å². The highest BCUT2D eigenvalue weighted by Gasteiger charge is 1.86. The van der Waals surface area contributed by atoms with Crippen molar-refractivity contribution in [3.63, 3.8) is 0 Å². The van der Waals surface area contributed by atoms with Crippen LogP contribution in [0.1, 0.15) is 6.42 Å². The summed E-state index contributed by atoms with van der Waals surface area (Å²) in [5, 5.41) is 2.82. The van der Waals surface area contributed by atoms with Crippen LogP contribution in [0.15, 0.2) is 6.08 Å². The molecule has 1 rings (SSSR count). The molecule has 0 spiro atoms. The molecule has 2 heteroatoms. The number of hydrogen-bond donors (Lipinski definition) is 1. The van der Waals surface area contributed by atoms with Gasteiger partial charge in [-0.3, -0.25) is 0 Å². The molecule has 7 heavy (non-hydrogen) atoms. The molecule has 0 aromatic heterocycles. The normalized spacial score (nSPS) is 20.6. The first-order valence-corrected chi connectivity index (χ1v) is 2.38. The molecule has 1 heterocycles. The summed E-state index contributed by atoms with van der Waals surface area (Å²) in [7, 11) is 0. The van der Waals surface area contributed by atoms with Gasteiger partial charge in [-0.25, -0.2) is 0 Å². The van der Waals surface area contributed by atoms with Gasteiger partial charge in [0.1, 0.15) is 6.73 Å². The molecule has 0 aromatic carbocycles. The summed E-state index contributed by atoms with van der Waals surface area (Å²) in [4.78, 5) is 0. The highest BCUT2D eigenvalue weighted by Crippen LogP contribution is 1.85. The van der Waals surface area contributed by atoms with Gasteiger partial charge in [0.15, 0.2) is 0 Å². The van der Waals surface area contributed by atoms with Gasteiger partial charge in [-0.1, -0.05) is 6.08 Å². The van der Waals surface area contributed by atoms with Crippen molar-refractivity contribution in [2.24, 2.45) is 0 Å². The van der Waals surface area contributed by atoms with E-state index in [4.69, 9.17) is 4.74 Å². The number of nitrogens with one attached hydrogen (secondary N) is 1. The van der Waals surface area contributed by atoms with Crippen molar-refractivity contribution in [3.8, 4) is 0 Å². The van der Waals surface area contributed by atoms with Gasteiger partial charge in [0.2, 0.25) is 0 Å². The molecule has 0 saturated carbocycles. The maximum atomic E-state index is 4.99. The quantitative estimate of drug-likeness (QED) is 0.469. The third-order valence-corrected chi connectivity index (χ3v) is 0.785. The van der Waals surface area contributed by atoms with Crippen LogP contribution in [0.3, 0.4) is 0 Å². The molecule has 39 valence electrons. The van der Waals surface area contributed by atoms with Gasteiger partial charge in [0, 0.05) is 0 Å². The molecule has 1 aliphatic heterocycles. The van der Waals surface area contributed by atoms with Gasteiger partial charge in [-0.2, -0.15) is 0 Å². The van der Waals surface area contributed by atoms with Crippen LogP contribution in [0.4, 0.5) is 0 Å². The van der Waals surface area contributed by atoms with E-state index < -0.39 is 0 Å². The van der Waals surface area contributed by atoms with E-state index in [-0.39, 0.29) is 0 Å². The summed E-state index contributed by atoms with van der Waals surface area (Å²) in [6, 6.07) is 0. The smallest absolute Gasteiger partial charge is 0.116 e.